The first kappa shape index (κ1) is 15.4. The highest BCUT2D eigenvalue weighted by atomic mass is 35.5. The smallest absolute Gasteiger partial charge is 0.229 e. The van der Waals surface area contributed by atoms with Gasteiger partial charge in [0.2, 0.25) is 0 Å². The second kappa shape index (κ2) is 6.17. The number of sulfonamides is 1. The molecule has 0 saturated heterocycles. The number of benzene rings is 1. The van der Waals surface area contributed by atoms with Gasteiger partial charge < -0.3 is 0 Å². The maximum absolute atomic E-state index is 13.4. The Kier molecular flexibility index (Phi) is 4.74. The highest BCUT2D eigenvalue weighted by Crippen LogP contribution is 2.26. The van der Waals surface area contributed by atoms with Gasteiger partial charge in [0.15, 0.2) is 8.68 Å². The Bertz CT molecular complexity index is 716. The molecule has 0 aliphatic carbocycles. The zero-order chi connectivity index (χ0) is 14.8. The molecular formula is C12H12ClFN2O2S2. The number of rotatable bonds is 5. The molecule has 1 aromatic carbocycles. The van der Waals surface area contributed by atoms with Crippen LogP contribution in [0.25, 0.3) is 0 Å². The first-order valence-electron chi connectivity index (χ1n) is 5.76. The highest BCUT2D eigenvalue weighted by molar-refractivity contribution is 7.91. The summed E-state index contributed by atoms with van der Waals surface area (Å²) in [6, 6.07) is 6.26. The van der Waals surface area contributed by atoms with Gasteiger partial charge in [0.05, 0.1) is 5.69 Å². The van der Waals surface area contributed by atoms with Crippen molar-refractivity contribution >= 4 is 33.0 Å². The second-order valence-corrected chi connectivity index (χ2v) is 7.62. The molecular weight excluding hydrogens is 323 g/mol. The van der Waals surface area contributed by atoms with Crippen LogP contribution >= 0.6 is 22.9 Å². The van der Waals surface area contributed by atoms with Gasteiger partial charge in [0.25, 0.3) is 10.0 Å². The predicted molar refractivity (Wildman–Crippen MR) is 77.2 cm³/mol. The van der Waals surface area contributed by atoms with E-state index in [0.29, 0.717) is 11.3 Å². The number of hydrogen-bond acceptors (Lipinski definition) is 4. The quantitative estimate of drug-likeness (QED) is 0.914. The van der Waals surface area contributed by atoms with E-state index in [4.69, 9.17) is 11.6 Å². The Labute approximate surface area is 125 Å². The molecule has 0 aliphatic heterocycles. The summed E-state index contributed by atoms with van der Waals surface area (Å²) in [7, 11) is -3.65. The number of nitrogens with zero attached hydrogens (tertiary/aromatic N) is 1. The summed E-state index contributed by atoms with van der Waals surface area (Å²) in [6.07, 6.45) is 0.275. The van der Waals surface area contributed by atoms with Crippen molar-refractivity contribution in [2.75, 3.05) is 6.54 Å². The lowest BCUT2D eigenvalue weighted by Crippen LogP contribution is -2.26. The van der Waals surface area contributed by atoms with E-state index in [9.17, 15) is 12.8 Å². The number of thiazole rings is 1. The lowest BCUT2D eigenvalue weighted by Gasteiger charge is -2.06. The number of nitrogens with one attached hydrogen (secondary N) is 1. The first-order chi connectivity index (χ1) is 9.40. The Morgan fingerprint density at radius 1 is 1.40 bits per heavy atom. The van der Waals surface area contributed by atoms with E-state index in [0.717, 1.165) is 11.3 Å². The molecule has 8 heteroatoms. The van der Waals surface area contributed by atoms with Crippen molar-refractivity contribution in [3.8, 4) is 0 Å². The van der Waals surface area contributed by atoms with Gasteiger partial charge in [-0.3, -0.25) is 0 Å². The van der Waals surface area contributed by atoms with Crippen molar-refractivity contribution in [2.24, 2.45) is 0 Å². The molecule has 0 amide bonds. The van der Waals surface area contributed by atoms with Crippen LogP contribution in [0, 0.1) is 12.7 Å². The van der Waals surface area contributed by atoms with Crippen LogP contribution in [0.5, 0.6) is 0 Å². The molecule has 1 aromatic heterocycles. The molecule has 0 aliphatic rings. The summed E-state index contributed by atoms with van der Waals surface area (Å²) in [5, 5.41) is 0. The van der Waals surface area contributed by atoms with Crippen molar-refractivity contribution < 1.29 is 12.8 Å². The van der Waals surface area contributed by atoms with E-state index in [1.807, 2.05) is 0 Å². The highest BCUT2D eigenvalue weighted by Gasteiger charge is 2.20. The fourth-order valence-corrected chi connectivity index (χ4v) is 4.50. The molecule has 2 aromatic rings. The van der Waals surface area contributed by atoms with Crippen molar-refractivity contribution in [1.29, 1.82) is 0 Å². The van der Waals surface area contributed by atoms with E-state index >= 15 is 0 Å². The minimum atomic E-state index is -3.65. The third-order valence-corrected chi connectivity index (χ3v) is 5.95. The van der Waals surface area contributed by atoms with Crippen LogP contribution in [0.15, 0.2) is 28.5 Å². The summed E-state index contributed by atoms with van der Waals surface area (Å²) < 4.78 is 40.2. The van der Waals surface area contributed by atoms with E-state index < -0.39 is 10.0 Å². The number of halogens is 2. The van der Waals surface area contributed by atoms with Gasteiger partial charge in [-0.15, -0.1) is 0 Å². The predicted octanol–water partition coefficient (Wildman–Crippen LogP) is 2.77. The van der Waals surface area contributed by atoms with E-state index in [1.54, 1.807) is 25.1 Å². The summed E-state index contributed by atoms with van der Waals surface area (Å²) in [4.78, 5) is 3.86. The number of hydrogen-bond donors (Lipinski definition) is 1. The van der Waals surface area contributed by atoms with Crippen LogP contribution in [0.4, 0.5) is 4.39 Å². The zero-order valence-electron chi connectivity index (χ0n) is 10.6. The third kappa shape index (κ3) is 3.54. The van der Waals surface area contributed by atoms with Crippen molar-refractivity contribution in [2.45, 2.75) is 17.6 Å². The molecule has 20 heavy (non-hydrogen) atoms. The van der Waals surface area contributed by atoms with E-state index in [2.05, 4.69) is 9.71 Å². The lowest BCUT2D eigenvalue weighted by atomic mass is 10.1. The molecule has 0 saturated carbocycles. The first-order valence-corrected chi connectivity index (χ1v) is 8.44. The van der Waals surface area contributed by atoms with Crippen LogP contribution in [-0.4, -0.2) is 19.9 Å². The van der Waals surface area contributed by atoms with Crippen LogP contribution in [0.1, 0.15) is 11.3 Å². The van der Waals surface area contributed by atoms with Crippen molar-refractivity contribution in [3.05, 3.63) is 45.8 Å². The van der Waals surface area contributed by atoms with Gasteiger partial charge in [0, 0.05) is 6.54 Å². The average molecular weight is 335 g/mol. The second-order valence-electron chi connectivity index (χ2n) is 4.08. The topological polar surface area (TPSA) is 59.1 Å². The molecule has 4 nitrogen and oxygen atoms in total. The third-order valence-electron chi connectivity index (χ3n) is 2.62. The largest absolute Gasteiger partial charge is 0.251 e. The van der Waals surface area contributed by atoms with Crippen LogP contribution in [0.2, 0.25) is 4.47 Å². The molecule has 2 rings (SSSR count). The number of aromatic nitrogens is 1. The summed E-state index contributed by atoms with van der Waals surface area (Å²) >= 11 is 6.59. The molecule has 1 N–H and O–H groups in total. The Hall–Kier alpha value is -1.02. The Morgan fingerprint density at radius 2 is 2.10 bits per heavy atom. The van der Waals surface area contributed by atoms with Gasteiger partial charge in [-0.1, -0.05) is 41.1 Å². The monoisotopic (exact) mass is 334 g/mol. The van der Waals surface area contributed by atoms with Gasteiger partial charge in [-0.25, -0.2) is 22.5 Å². The fraction of sp³-hybridized carbons (Fsp3) is 0.250. The normalized spacial score (nSPS) is 11.8. The van der Waals surface area contributed by atoms with Crippen LogP contribution in [-0.2, 0) is 16.4 Å². The van der Waals surface area contributed by atoms with E-state index in [-0.39, 0.29) is 27.5 Å². The molecule has 0 unspecified atom stereocenters. The molecule has 1 heterocycles. The standard InChI is InChI=1S/C12H12ClFN2O2S2/c1-8-11(19-12(13)16-8)20(17,18)15-7-6-9-4-2-3-5-10(9)14/h2-5,15H,6-7H2,1H3. The average Bonchev–Trinajstić information content (AvgIpc) is 2.72. The zero-order valence-corrected chi connectivity index (χ0v) is 12.9. The molecule has 0 spiro atoms. The SMILES string of the molecule is Cc1nc(Cl)sc1S(=O)(=O)NCCc1ccccc1F. The molecule has 0 fully saturated rings. The summed E-state index contributed by atoms with van der Waals surface area (Å²) in [5.41, 5.74) is 0.827. The molecule has 0 atom stereocenters. The molecule has 0 bridgehead atoms. The molecule has 108 valence electrons. The van der Waals surface area contributed by atoms with Crippen molar-refractivity contribution in [1.82, 2.24) is 9.71 Å². The van der Waals surface area contributed by atoms with Gasteiger partial charge in [-0.2, -0.15) is 0 Å². The lowest BCUT2D eigenvalue weighted by molar-refractivity contribution is 0.578. The number of aryl methyl sites for hydroxylation is 1. The Balaban J connectivity index is 2.04. The maximum Gasteiger partial charge on any atom is 0.251 e. The minimum Gasteiger partial charge on any atom is -0.229 e. The summed E-state index contributed by atoms with van der Waals surface area (Å²) in [6.45, 7) is 1.69. The van der Waals surface area contributed by atoms with Crippen molar-refractivity contribution in [3.63, 3.8) is 0 Å². The Morgan fingerprint density at radius 3 is 2.70 bits per heavy atom. The van der Waals surface area contributed by atoms with E-state index in [1.165, 1.54) is 6.07 Å². The minimum absolute atomic E-state index is 0.0935. The van der Waals surface area contributed by atoms with Crippen LogP contribution < -0.4 is 4.72 Å². The maximum atomic E-state index is 13.4. The van der Waals surface area contributed by atoms with Gasteiger partial charge >= 0.3 is 0 Å². The van der Waals surface area contributed by atoms with Gasteiger partial charge in [-0.05, 0) is 25.0 Å². The molecule has 0 radical (unpaired) electrons. The fourth-order valence-electron chi connectivity index (χ4n) is 1.69. The van der Waals surface area contributed by atoms with Gasteiger partial charge in [0.1, 0.15) is 5.82 Å². The van der Waals surface area contributed by atoms with Crippen LogP contribution in [0.3, 0.4) is 0 Å². The summed E-state index contributed by atoms with van der Waals surface area (Å²) in [5.74, 6) is -0.344.